The van der Waals surface area contributed by atoms with Crippen LogP contribution in [0.15, 0.2) is 94.7 Å². The molecule has 0 fully saturated rings. The summed E-state index contributed by atoms with van der Waals surface area (Å²) in [5, 5.41) is 0.540. The van der Waals surface area contributed by atoms with Crippen molar-refractivity contribution in [1.29, 1.82) is 0 Å². The number of rotatable bonds is 6. The average molecular weight is 413 g/mol. The van der Waals surface area contributed by atoms with Gasteiger partial charge in [0.05, 0.1) is 10.8 Å². The Bertz CT molecular complexity index is 877. The molecular weight excluding hydrogens is 396 g/mol. The van der Waals surface area contributed by atoms with Gasteiger partial charge in [0.1, 0.15) is 11.5 Å². The molecule has 0 bridgehead atoms. The first-order valence-electron chi connectivity index (χ1n) is 7.82. The second-order valence-electron chi connectivity index (χ2n) is 5.31. The lowest BCUT2D eigenvalue weighted by molar-refractivity contribution is 0.482. The monoisotopic (exact) mass is 412 g/mol. The van der Waals surface area contributed by atoms with Crippen molar-refractivity contribution in [3.8, 4) is 11.5 Å². The Kier molecular flexibility index (Phi) is 6.20. The zero-order valence-corrected chi connectivity index (χ0v) is 15.9. The van der Waals surface area contributed by atoms with Gasteiger partial charge in [-0.3, -0.25) is 0 Å². The van der Waals surface area contributed by atoms with E-state index in [0.29, 0.717) is 5.33 Å². The Hall–Kier alpha value is -2.17. The molecule has 0 aliphatic rings. The molecule has 126 valence electrons. The number of ether oxygens (including phenoxy) is 1. The van der Waals surface area contributed by atoms with Crippen molar-refractivity contribution in [3.05, 3.63) is 95.4 Å². The van der Waals surface area contributed by atoms with Crippen molar-refractivity contribution in [3.63, 3.8) is 0 Å². The summed E-state index contributed by atoms with van der Waals surface area (Å²) in [5.41, 5.74) is 0.951. The molecule has 3 aromatic carbocycles. The van der Waals surface area contributed by atoms with Gasteiger partial charge in [0, 0.05) is 15.1 Å². The summed E-state index contributed by atoms with van der Waals surface area (Å²) >= 11 is 3.45. The van der Waals surface area contributed by atoms with Gasteiger partial charge in [0.25, 0.3) is 0 Å². The van der Waals surface area contributed by atoms with Crippen molar-refractivity contribution in [2.45, 2.75) is 4.90 Å². The van der Waals surface area contributed by atoms with Crippen molar-refractivity contribution < 1.29 is 8.95 Å². The fourth-order valence-corrected chi connectivity index (χ4v) is 4.15. The minimum atomic E-state index is -1.19. The Morgan fingerprint density at radius 1 is 0.880 bits per heavy atom. The molecule has 3 rings (SSSR count). The Morgan fingerprint density at radius 2 is 1.52 bits per heavy atom. The molecule has 0 aliphatic heterocycles. The van der Waals surface area contributed by atoms with Crippen LogP contribution in [0, 0.1) is 0 Å². The maximum absolute atomic E-state index is 12.7. The minimum Gasteiger partial charge on any atom is -0.457 e. The molecule has 0 heterocycles. The molecule has 1 unspecified atom stereocenters. The largest absolute Gasteiger partial charge is 0.457 e. The van der Waals surface area contributed by atoms with Gasteiger partial charge < -0.3 is 4.74 Å². The molecule has 4 heteroatoms. The standard InChI is InChI=1S/C21H17BrO2S/c22-16-21(25(23)20-12-5-2-6-13-20)15-17-8-7-11-19(14-17)24-18-9-3-1-4-10-18/h1-15H,16H2/b21-15+. The molecule has 0 amide bonds. The number of halogens is 1. The quantitative estimate of drug-likeness (QED) is 0.462. The normalized spacial score (nSPS) is 12.6. The lowest BCUT2D eigenvalue weighted by atomic mass is 10.2. The number of hydrogen-bond acceptors (Lipinski definition) is 2. The van der Waals surface area contributed by atoms with Gasteiger partial charge in [-0.1, -0.05) is 64.5 Å². The minimum absolute atomic E-state index is 0.540. The second kappa shape index (κ2) is 8.79. The van der Waals surface area contributed by atoms with E-state index in [4.69, 9.17) is 4.74 Å². The highest BCUT2D eigenvalue weighted by molar-refractivity contribution is 9.09. The van der Waals surface area contributed by atoms with E-state index in [-0.39, 0.29) is 0 Å². The highest BCUT2D eigenvalue weighted by atomic mass is 79.9. The first kappa shape index (κ1) is 17.6. The van der Waals surface area contributed by atoms with Crippen LogP contribution in [0.1, 0.15) is 5.56 Å². The van der Waals surface area contributed by atoms with Gasteiger partial charge in [-0.15, -0.1) is 0 Å². The summed E-state index contributed by atoms with van der Waals surface area (Å²) in [6, 6.07) is 26.9. The first-order valence-corrected chi connectivity index (χ1v) is 10.1. The van der Waals surface area contributed by atoms with E-state index >= 15 is 0 Å². The molecule has 0 saturated carbocycles. The van der Waals surface area contributed by atoms with E-state index in [9.17, 15) is 4.21 Å². The number of hydrogen-bond donors (Lipinski definition) is 0. The number of allylic oxidation sites excluding steroid dienone is 1. The average Bonchev–Trinajstić information content (AvgIpc) is 2.67. The van der Waals surface area contributed by atoms with E-state index in [0.717, 1.165) is 26.9 Å². The van der Waals surface area contributed by atoms with Gasteiger partial charge in [-0.2, -0.15) is 0 Å². The molecule has 1 atom stereocenters. The fourth-order valence-electron chi connectivity index (χ4n) is 2.32. The van der Waals surface area contributed by atoms with E-state index in [2.05, 4.69) is 15.9 Å². The van der Waals surface area contributed by atoms with Crippen LogP contribution in [0.3, 0.4) is 0 Å². The third kappa shape index (κ3) is 4.91. The van der Waals surface area contributed by atoms with Crippen molar-refractivity contribution >= 4 is 32.8 Å². The van der Waals surface area contributed by atoms with Crippen molar-refractivity contribution in [1.82, 2.24) is 0 Å². The van der Waals surface area contributed by atoms with Gasteiger partial charge in [-0.25, -0.2) is 4.21 Å². The Morgan fingerprint density at radius 3 is 2.20 bits per heavy atom. The Balaban J connectivity index is 1.84. The molecule has 0 saturated heterocycles. The first-order chi connectivity index (χ1) is 12.3. The zero-order valence-electron chi connectivity index (χ0n) is 13.5. The highest BCUT2D eigenvalue weighted by Crippen LogP contribution is 2.24. The van der Waals surface area contributed by atoms with Gasteiger partial charge in [0.2, 0.25) is 0 Å². The van der Waals surface area contributed by atoms with Crippen LogP contribution in [0.2, 0.25) is 0 Å². The lowest BCUT2D eigenvalue weighted by Gasteiger charge is -2.08. The lowest BCUT2D eigenvalue weighted by Crippen LogP contribution is -1.97. The molecule has 0 spiro atoms. The highest BCUT2D eigenvalue weighted by Gasteiger charge is 2.09. The van der Waals surface area contributed by atoms with Gasteiger partial charge >= 0.3 is 0 Å². The summed E-state index contributed by atoms with van der Waals surface area (Å²) in [4.78, 5) is 1.60. The van der Waals surface area contributed by atoms with E-state index in [1.165, 1.54) is 0 Å². The summed E-state index contributed by atoms with van der Waals surface area (Å²) in [6.07, 6.45) is 1.94. The smallest absolute Gasteiger partial charge is 0.128 e. The molecule has 0 aliphatic carbocycles. The topological polar surface area (TPSA) is 26.3 Å². The van der Waals surface area contributed by atoms with Gasteiger partial charge in [0.15, 0.2) is 0 Å². The predicted octanol–water partition coefficient (Wildman–Crippen LogP) is 6.02. The van der Waals surface area contributed by atoms with Crippen LogP contribution in [0.5, 0.6) is 11.5 Å². The third-order valence-electron chi connectivity index (χ3n) is 3.49. The van der Waals surface area contributed by atoms with Gasteiger partial charge in [-0.05, 0) is 48.0 Å². The molecule has 3 aromatic rings. The van der Waals surface area contributed by atoms with E-state index in [1.807, 2.05) is 91.0 Å². The third-order valence-corrected chi connectivity index (χ3v) is 5.91. The summed E-state index contributed by atoms with van der Waals surface area (Å²) < 4.78 is 18.6. The maximum Gasteiger partial charge on any atom is 0.128 e. The van der Waals surface area contributed by atoms with Crippen molar-refractivity contribution in [2.24, 2.45) is 0 Å². The van der Waals surface area contributed by atoms with Crippen LogP contribution in [-0.2, 0) is 10.8 Å². The van der Waals surface area contributed by atoms with Crippen LogP contribution < -0.4 is 4.74 Å². The molecule has 0 radical (unpaired) electrons. The predicted molar refractivity (Wildman–Crippen MR) is 108 cm³/mol. The number of benzene rings is 3. The van der Waals surface area contributed by atoms with Crippen LogP contribution in [0.4, 0.5) is 0 Å². The van der Waals surface area contributed by atoms with Crippen LogP contribution >= 0.6 is 15.9 Å². The molecule has 25 heavy (non-hydrogen) atoms. The van der Waals surface area contributed by atoms with E-state index < -0.39 is 10.8 Å². The molecular formula is C21H17BrO2S. The number of alkyl halides is 1. The summed E-state index contributed by atoms with van der Waals surface area (Å²) in [6.45, 7) is 0. The van der Waals surface area contributed by atoms with Crippen molar-refractivity contribution in [2.75, 3.05) is 5.33 Å². The number of para-hydroxylation sites is 1. The summed E-state index contributed by atoms with van der Waals surface area (Å²) in [7, 11) is -1.19. The molecule has 0 N–H and O–H groups in total. The Labute approximate surface area is 158 Å². The zero-order chi connectivity index (χ0) is 17.5. The van der Waals surface area contributed by atoms with E-state index in [1.54, 1.807) is 0 Å². The maximum atomic E-state index is 12.7. The molecule has 0 aromatic heterocycles. The van der Waals surface area contributed by atoms with Crippen LogP contribution in [0.25, 0.3) is 6.08 Å². The fraction of sp³-hybridized carbons (Fsp3) is 0.0476. The van der Waals surface area contributed by atoms with Crippen LogP contribution in [-0.4, -0.2) is 9.54 Å². The second-order valence-corrected chi connectivity index (χ2v) is 7.41. The SMILES string of the molecule is O=S(/C(=C/c1cccc(Oc2ccccc2)c1)CBr)c1ccccc1. The summed E-state index contributed by atoms with van der Waals surface area (Å²) in [5.74, 6) is 1.54. The molecule has 2 nitrogen and oxygen atoms in total.